The largest absolute Gasteiger partial charge is 0.417 e. The highest BCUT2D eigenvalue weighted by Gasteiger charge is 2.32. The van der Waals surface area contributed by atoms with Crippen molar-refractivity contribution < 1.29 is 17.6 Å². The van der Waals surface area contributed by atoms with Crippen LogP contribution in [-0.2, 0) is 6.18 Å². The van der Waals surface area contributed by atoms with E-state index in [1.165, 1.54) is 0 Å². The van der Waals surface area contributed by atoms with Crippen LogP contribution in [0.25, 0.3) is 5.65 Å². The molecule has 0 radical (unpaired) electrons. The first-order valence-corrected chi connectivity index (χ1v) is 4.07. The maximum atomic E-state index is 13.2. The molecule has 2 heterocycles. The van der Waals surface area contributed by atoms with Crippen LogP contribution in [0.1, 0.15) is 11.3 Å². The van der Waals surface area contributed by atoms with Gasteiger partial charge in [-0.2, -0.15) is 18.4 Å². The molecule has 2 aromatic rings. The molecule has 0 spiro atoms. The molecule has 2 rings (SSSR count). The monoisotopic (exact) mass is 229 g/mol. The lowest BCUT2D eigenvalue weighted by molar-refractivity contribution is -0.138. The van der Waals surface area contributed by atoms with Crippen molar-refractivity contribution in [2.45, 2.75) is 6.18 Å². The second-order valence-electron chi connectivity index (χ2n) is 3.02. The van der Waals surface area contributed by atoms with Gasteiger partial charge in [0, 0.05) is 6.20 Å². The third kappa shape index (κ3) is 1.48. The molecule has 0 aromatic carbocycles. The first-order valence-electron chi connectivity index (χ1n) is 4.07. The Morgan fingerprint density at radius 2 is 2.06 bits per heavy atom. The first kappa shape index (κ1) is 10.4. The van der Waals surface area contributed by atoms with Gasteiger partial charge in [0.05, 0.1) is 11.8 Å². The molecule has 0 amide bonds. The summed E-state index contributed by atoms with van der Waals surface area (Å²) < 4.78 is 51.1. The van der Waals surface area contributed by atoms with E-state index in [0.717, 1.165) is 10.6 Å². The van der Waals surface area contributed by atoms with E-state index in [1.807, 2.05) is 0 Å². The zero-order chi connectivity index (χ0) is 11.9. The number of aromatic nitrogens is 2. The van der Waals surface area contributed by atoms with E-state index in [2.05, 4.69) is 4.98 Å². The van der Waals surface area contributed by atoms with Gasteiger partial charge in [-0.25, -0.2) is 9.37 Å². The fraction of sp³-hybridized carbons (Fsp3) is 0.111. The maximum absolute atomic E-state index is 13.2. The second-order valence-corrected chi connectivity index (χ2v) is 3.02. The van der Waals surface area contributed by atoms with Crippen molar-refractivity contribution in [3.05, 3.63) is 35.5 Å². The molecule has 0 saturated heterocycles. The van der Waals surface area contributed by atoms with Crippen LogP contribution in [0.5, 0.6) is 0 Å². The van der Waals surface area contributed by atoms with Gasteiger partial charge in [-0.05, 0) is 6.07 Å². The fourth-order valence-electron chi connectivity index (χ4n) is 1.28. The van der Waals surface area contributed by atoms with Crippen LogP contribution in [0.3, 0.4) is 0 Å². The van der Waals surface area contributed by atoms with E-state index in [1.54, 1.807) is 6.07 Å². The number of halogens is 4. The second kappa shape index (κ2) is 3.20. The van der Waals surface area contributed by atoms with Crippen molar-refractivity contribution in [1.82, 2.24) is 9.38 Å². The number of hydrogen-bond donors (Lipinski definition) is 0. The van der Waals surface area contributed by atoms with Gasteiger partial charge in [0.25, 0.3) is 0 Å². The average molecular weight is 229 g/mol. The highest BCUT2D eigenvalue weighted by molar-refractivity contribution is 5.46. The fourth-order valence-corrected chi connectivity index (χ4v) is 1.28. The summed E-state index contributed by atoms with van der Waals surface area (Å²) in [5, 5.41) is 8.59. The third-order valence-corrected chi connectivity index (χ3v) is 2.00. The molecular formula is C9H3F4N3. The molecule has 0 aliphatic carbocycles. The van der Waals surface area contributed by atoms with E-state index in [4.69, 9.17) is 5.26 Å². The van der Waals surface area contributed by atoms with E-state index in [0.29, 0.717) is 12.3 Å². The number of imidazole rings is 1. The molecule has 2 aromatic heterocycles. The van der Waals surface area contributed by atoms with Crippen LogP contribution in [0.2, 0.25) is 0 Å². The summed E-state index contributed by atoms with van der Waals surface area (Å²) in [5.74, 6) is -1.11. The Kier molecular flexibility index (Phi) is 2.08. The highest BCUT2D eigenvalue weighted by Crippen LogP contribution is 2.30. The van der Waals surface area contributed by atoms with Crippen LogP contribution in [-0.4, -0.2) is 9.38 Å². The number of hydrogen-bond acceptors (Lipinski definition) is 2. The summed E-state index contributed by atoms with van der Waals surface area (Å²) in [4.78, 5) is 3.51. The lowest BCUT2D eigenvalue weighted by Crippen LogP contribution is -2.08. The smallest absolute Gasteiger partial charge is 0.288 e. The summed E-state index contributed by atoms with van der Waals surface area (Å²) in [6.45, 7) is 0. The van der Waals surface area contributed by atoms with Crippen molar-refractivity contribution in [2.24, 2.45) is 0 Å². The standard InChI is InChI=1S/C9H3F4N3/c10-7-1-5(9(11,12)13)4-16-6(2-14)3-15-8(7)16/h1,3-4H. The van der Waals surface area contributed by atoms with Gasteiger partial charge < -0.3 is 0 Å². The van der Waals surface area contributed by atoms with Crippen molar-refractivity contribution in [3.63, 3.8) is 0 Å². The maximum Gasteiger partial charge on any atom is 0.417 e. The molecule has 7 heteroatoms. The minimum absolute atomic E-state index is 0.153. The number of fused-ring (bicyclic) bond motifs is 1. The molecule has 3 nitrogen and oxygen atoms in total. The van der Waals surface area contributed by atoms with Crippen molar-refractivity contribution in [3.8, 4) is 6.07 Å². The van der Waals surface area contributed by atoms with Gasteiger partial charge in [-0.3, -0.25) is 4.40 Å². The molecule has 0 unspecified atom stereocenters. The van der Waals surface area contributed by atoms with Crippen molar-refractivity contribution in [2.75, 3.05) is 0 Å². The molecule has 0 saturated carbocycles. The number of nitriles is 1. The molecule has 82 valence electrons. The van der Waals surface area contributed by atoms with Crippen molar-refractivity contribution in [1.29, 1.82) is 5.26 Å². The summed E-state index contributed by atoms with van der Waals surface area (Å²) in [6.07, 6.45) is -3.01. The number of rotatable bonds is 0. The summed E-state index contributed by atoms with van der Waals surface area (Å²) in [7, 11) is 0. The van der Waals surface area contributed by atoms with E-state index < -0.39 is 17.6 Å². The van der Waals surface area contributed by atoms with Gasteiger partial charge in [-0.15, -0.1) is 0 Å². The molecule has 0 atom stereocenters. The van der Waals surface area contributed by atoms with E-state index in [-0.39, 0.29) is 11.3 Å². The van der Waals surface area contributed by atoms with Crippen LogP contribution in [0.15, 0.2) is 18.5 Å². The molecule has 0 fully saturated rings. The summed E-state index contributed by atoms with van der Waals surface area (Å²) in [5.41, 5.74) is -1.61. The zero-order valence-corrected chi connectivity index (χ0v) is 7.59. The van der Waals surface area contributed by atoms with Crippen LogP contribution in [0, 0.1) is 17.1 Å². The van der Waals surface area contributed by atoms with Gasteiger partial charge in [-0.1, -0.05) is 0 Å². The molecule has 0 N–H and O–H groups in total. The van der Waals surface area contributed by atoms with Crippen molar-refractivity contribution >= 4 is 5.65 Å². The zero-order valence-electron chi connectivity index (χ0n) is 7.59. The predicted octanol–water partition coefficient (Wildman–Crippen LogP) is 2.36. The molecule has 16 heavy (non-hydrogen) atoms. The molecular weight excluding hydrogens is 226 g/mol. The quantitative estimate of drug-likeness (QED) is 0.650. The third-order valence-electron chi connectivity index (χ3n) is 2.00. The summed E-state index contributed by atoms with van der Waals surface area (Å²) >= 11 is 0. The Hall–Kier alpha value is -2.10. The minimum atomic E-state index is -4.66. The van der Waals surface area contributed by atoms with Gasteiger partial charge in [0.2, 0.25) is 0 Å². The highest BCUT2D eigenvalue weighted by atomic mass is 19.4. The molecule has 0 bridgehead atoms. The average Bonchev–Trinajstić information content (AvgIpc) is 2.59. The Balaban J connectivity index is 2.79. The summed E-state index contributed by atoms with van der Waals surface area (Å²) in [6, 6.07) is 1.97. The Bertz CT molecular complexity index is 591. The van der Waals surface area contributed by atoms with E-state index in [9.17, 15) is 17.6 Å². The Morgan fingerprint density at radius 3 is 2.62 bits per heavy atom. The first-order chi connectivity index (χ1) is 7.43. The van der Waals surface area contributed by atoms with Crippen LogP contribution >= 0.6 is 0 Å². The SMILES string of the molecule is N#Cc1cnc2c(F)cc(C(F)(F)F)cn12. The van der Waals surface area contributed by atoms with E-state index >= 15 is 0 Å². The molecule has 0 aliphatic rings. The molecule has 0 aliphatic heterocycles. The predicted molar refractivity (Wildman–Crippen MR) is 44.9 cm³/mol. The van der Waals surface area contributed by atoms with Gasteiger partial charge in [0.15, 0.2) is 11.5 Å². The topological polar surface area (TPSA) is 41.1 Å². The Labute approximate surface area is 86.6 Å². The number of alkyl halides is 3. The Morgan fingerprint density at radius 1 is 1.38 bits per heavy atom. The van der Waals surface area contributed by atoms with Gasteiger partial charge in [0.1, 0.15) is 11.8 Å². The van der Waals surface area contributed by atoms with Gasteiger partial charge >= 0.3 is 6.18 Å². The lowest BCUT2D eigenvalue weighted by atomic mass is 10.2. The minimum Gasteiger partial charge on any atom is -0.288 e. The lowest BCUT2D eigenvalue weighted by Gasteiger charge is -2.07. The number of pyridine rings is 1. The normalized spacial score (nSPS) is 11.7. The number of nitrogens with zero attached hydrogens (tertiary/aromatic N) is 3. The van der Waals surface area contributed by atoms with Crippen LogP contribution in [0.4, 0.5) is 17.6 Å². The van der Waals surface area contributed by atoms with Crippen LogP contribution < -0.4 is 0 Å².